The van der Waals surface area contributed by atoms with Gasteiger partial charge in [0.25, 0.3) is 0 Å². The van der Waals surface area contributed by atoms with Gasteiger partial charge in [-0.25, -0.2) is 0 Å². The SMILES string of the molecule is O=c1cc(-c2ccc(Cl)c(Cl)c2)c2ccccc2[nH]1. The maximum Gasteiger partial charge on any atom is 0.249 e. The first-order chi connectivity index (χ1) is 9.15. The summed E-state index contributed by atoms with van der Waals surface area (Å²) in [4.78, 5) is 14.5. The minimum Gasteiger partial charge on any atom is -0.322 e. The van der Waals surface area contributed by atoms with Gasteiger partial charge in [-0.2, -0.15) is 0 Å². The van der Waals surface area contributed by atoms with Crippen molar-refractivity contribution >= 4 is 34.1 Å². The number of benzene rings is 2. The highest BCUT2D eigenvalue weighted by Crippen LogP contribution is 2.31. The Bertz CT molecular complexity index is 824. The fourth-order valence-corrected chi connectivity index (χ4v) is 2.41. The van der Waals surface area contributed by atoms with E-state index in [2.05, 4.69) is 4.98 Å². The largest absolute Gasteiger partial charge is 0.322 e. The molecule has 0 unspecified atom stereocenters. The number of hydrogen-bond donors (Lipinski definition) is 1. The molecule has 19 heavy (non-hydrogen) atoms. The van der Waals surface area contributed by atoms with Crippen LogP contribution in [0, 0.1) is 0 Å². The number of hydrogen-bond acceptors (Lipinski definition) is 1. The molecule has 3 rings (SSSR count). The molecule has 0 aliphatic carbocycles. The molecule has 0 aliphatic rings. The van der Waals surface area contributed by atoms with Gasteiger partial charge in [0.2, 0.25) is 5.56 Å². The third-order valence-electron chi connectivity index (χ3n) is 2.98. The van der Waals surface area contributed by atoms with Gasteiger partial charge in [0.1, 0.15) is 0 Å². The highest BCUT2D eigenvalue weighted by Gasteiger charge is 2.07. The molecular formula is C15H9Cl2NO. The van der Waals surface area contributed by atoms with Crippen LogP contribution < -0.4 is 5.56 Å². The standard InChI is InChI=1S/C15H9Cl2NO/c16-12-6-5-9(7-13(12)17)11-8-15(19)18-14-4-2-1-3-10(11)14/h1-8H,(H,18,19). The maximum absolute atomic E-state index is 11.7. The van der Waals surface area contributed by atoms with Crippen molar-refractivity contribution in [1.82, 2.24) is 4.98 Å². The van der Waals surface area contributed by atoms with Gasteiger partial charge < -0.3 is 4.98 Å². The average Bonchev–Trinajstić information content (AvgIpc) is 2.41. The molecule has 2 nitrogen and oxygen atoms in total. The first-order valence-corrected chi connectivity index (χ1v) is 6.48. The minimum atomic E-state index is -0.139. The lowest BCUT2D eigenvalue weighted by Gasteiger charge is -2.07. The number of pyridine rings is 1. The summed E-state index contributed by atoms with van der Waals surface area (Å²) in [6.45, 7) is 0. The van der Waals surface area contributed by atoms with Crippen molar-refractivity contribution < 1.29 is 0 Å². The Morgan fingerprint density at radius 2 is 1.68 bits per heavy atom. The van der Waals surface area contributed by atoms with Crippen LogP contribution in [0.15, 0.2) is 53.3 Å². The number of aromatic nitrogens is 1. The fourth-order valence-electron chi connectivity index (χ4n) is 2.11. The molecule has 94 valence electrons. The minimum absolute atomic E-state index is 0.139. The van der Waals surface area contributed by atoms with Crippen LogP contribution in [0.1, 0.15) is 0 Å². The van der Waals surface area contributed by atoms with E-state index < -0.39 is 0 Å². The Kier molecular flexibility index (Phi) is 3.05. The zero-order chi connectivity index (χ0) is 13.4. The van der Waals surface area contributed by atoms with Crippen molar-refractivity contribution in [2.75, 3.05) is 0 Å². The van der Waals surface area contributed by atoms with Crippen molar-refractivity contribution in [2.24, 2.45) is 0 Å². The summed E-state index contributed by atoms with van der Waals surface area (Å²) in [5.74, 6) is 0. The molecule has 0 fully saturated rings. The molecule has 3 aromatic rings. The van der Waals surface area contributed by atoms with Crippen LogP contribution in [-0.4, -0.2) is 4.98 Å². The van der Waals surface area contributed by atoms with E-state index in [1.165, 1.54) is 0 Å². The van der Waals surface area contributed by atoms with Crippen molar-refractivity contribution in [2.45, 2.75) is 0 Å². The van der Waals surface area contributed by atoms with Gasteiger partial charge in [-0.05, 0) is 29.3 Å². The van der Waals surface area contributed by atoms with Crippen LogP contribution in [0.25, 0.3) is 22.0 Å². The molecule has 1 N–H and O–H groups in total. The number of fused-ring (bicyclic) bond motifs is 1. The topological polar surface area (TPSA) is 32.9 Å². The van der Waals surface area contributed by atoms with Crippen molar-refractivity contribution in [3.8, 4) is 11.1 Å². The van der Waals surface area contributed by atoms with Crippen LogP contribution in [0.2, 0.25) is 10.0 Å². The number of rotatable bonds is 1. The molecule has 1 aromatic heterocycles. The van der Waals surface area contributed by atoms with Gasteiger partial charge in [-0.15, -0.1) is 0 Å². The fraction of sp³-hybridized carbons (Fsp3) is 0. The average molecular weight is 290 g/mol. The second-order valence-corrected chi connectivity index (χ2v) is 5.04. The van der Waals surface area contributed by atoms with Crippen molar-refractivity contribution in [1.29, 1.82) is 0 Å². The second-order valence-electron chi connectivity index (χ2n) is 4.22. The molecule has 0 radical (unpaired) electrons. The van der Waals surface area contributed by atoms with Gasteiger partial charge in [-0.3, -0.25) is 4.79 Å². The summed E-state index contributed by atoms with van der Waals surface area (Å²) in [5.41, 5.74) is 2.38. The smallest absolute Gasteiger partial charge is 0.249 e. The summed E-state index contributed by atoms with van der Waals surface area (Å²) in [7, 11) is 0. The highest BCUT2D eigenvalue weighted by atomic mass is 35.5. The molecule has 0 saturated heterocycles. The number of H-pyrrole nitrogens is 1. The van der Waals surface area contributed by atoms with Gasteiger partial charge in [0.15, 0.2) is 0 Å². The second kappa shape index (κ2) is 4.72. The third-order valence-corrected chi connectivity index (χ3v) is 3.72. The molecule has 0 aliphatic heterocycles. The van der Waals surface area contributed by atoms with E-state index in [0.717, 1.165) is 22.0 Å². The summed E-state index contributed by atoms with van der Waals surface area (Å²) in [5, 5.41) is 1.95. The van der Waals surface area contributed by atoms with Gasteiger partial charge in [0.05, 0.1) is 10.0 Å². The van der Waals surface area contributed by atoms with Gasteiger partial charge in [-0.1, -0.05) is 47.5 Å². The zero-order valence-corrected chi connectivity index (χ0v) is 11.3. The summed E-state index contributed by atoms with van der Waals surface area (Å²) < 4.78 is 0. The highest BCUT2D eigenvalue weighted by molar-refractivity contribution is 6.42. The first kappa shape index (κ1) is 12.3. The van der Waals surface area contributed by atoms with Crippen LogP contribution >= 0.6 is 23.2 Å². The molecular weight excluding hydrogens is 281 g/mol. The monoisotopic (exact) mass is 289 g/mol. The zero-order valence-electron chi connectivity index (χ0n) is 9.78. The number of aromatic amines is 1. The van der Waals surface area contributed by atoms with Crippen LogP contribution in [0.5, 0.6) is 0 Å². The van der Waals surface area contributed by atoms with Crippen LogP contribution in [0.3, 0.4) is 0 Å². The Hall–Kier alpha value is -1.77. The van der Waals surface area contributed by atoms with Gasteiger partial charge in [0, 0.05) is 17.0 Å². The Morgan fingerprint density at radius 3 is 2.47 bits per heavy atom. The van der Waals surface area contributed by atoms with Gasteiger partial charge >= 0.3 is 0 Å². The lowest BCUT2D eigenvalue weighted by atomic mass is 10.0. The van der Waals surface area contributed by atoms with Crippen LogP contribution in [0.4, 0.5) is 0 Å². The molecule has 0 spiro atoms. The van der Waals surface area contributed by atoms with E-state index in [-0.39, 0.29) is 5.56 Å². The molecule has 0 atom stereocenters. The Morgan fingerprint density at radius 1 is 0.895 bits per heavy atom. The van der Waals surface area contributed by atoms with E-state index in [9.17, 15) is 4.79 Å². The van der Waals surface area contributed by atoms with E-state index in [1.54, 1.807) is 18.2 Å². The lowest BCUT2D eigenvalue weighted by Crippen LogP contribution is -2.04. The number of para-hydroxylation sites is 1. The molecule has 0 saturated carbocycles. The molecule has 4 heteroatoms. The molecule has 2 aromatic carbocycles. The maximum atomic E-state index is 11.7. The van der Waals surface area contributed by atoms with E-state index in [4.69, 9.17) is 23.2 Å². The molecule has 0 bridgehead atoms. The quantitative estimate of drug-likeness (QED) is 0.703. The lowest BCUT2D eigenvalue weighted by molar-refractivity contribution is 1.31. The summed E-state index contributed by atoms with van der Waals surface area (Å²) in [6.07, 6.45) is 0. The first-order valence-electron chi connectivity index (χ1n) is 5.72. The predicted molar refractivity (Wildman–Crippen MR) is 80.0 cm³/mol. The summed E-state index contributed by atoms with van der Waals surface area (Å²) in [6, 6.07) is 14.6. The third kappa shape index (κ3) is 2.25. The van der Waals surface area contributed by atoms with Crippen LogP contribution in [-0.2, 0) is 0 Å². The van der Waals surface area contributed by atoms with Crippen molar-refractivity contribution in [3.63, 3.8) is 0 Å². The Labute approximate surface area is 119 Å². The number of halogens is 2. The molecule has 1 heterocycles. The summed E-state index contributed by atoms with van der Waals surface area (Å²) >= 11 is 12.0. The molecule has 0 amide bonds. The van der Waals surface area contributed by atoms with Crippen molar-refractivity contribution in [3.05, 3.63) is 68.9 Å². The van der Waals surface area contributed by atoms with E-state index >= 15 is 0 Å². The van der Waals surface area contributed by atoms with E-state index in [1.807, 2.05) is 30.3 Å². The van der Waals surface area contributed by atoms with E-state index in [0.29, 0.717) is 10.0 Å². The predicted octanol–water partition coefficient (Wildman–Crippen LogP) is 4.50. The number of nitrogens with one attached hydrogen (secondary N) is 1. The Balaban J connectivity index is 2.35. The normalized spacial score (nSPS) is 10.8.